The average Bonchev–Trinajstić information content (AvgIpc) is 3.28. The molecular formula is C57H111NO4. The molecule has 0 bridgehead atoms. The molecule has 368 valence electrons. The van der Waals surface area contributed by atoms with E-state index in [1.807, 2.05) is 6.08 Å². The largest absolute Gasteiger partial charge is 0.394 e. The summed E-state index contributed by atoms with van der Waals surface area (Å²) in [6, 6.07) is -0.795. The minimum absolute atomic E-state index is 0.360. The Bertz CT molecular complexity index is 920. The summed E-state index contributed by atoms with van der Waals surface area (Å²) < 4.78 is 0. The van der Waals surface area contributed by atoms with Crippen LogP contribution in [-0.4, -0.2) is 46.1 Å². The van der Waals surface area contributed by atoms with E-state index in [1.165, 1.54) is 257 Å². The smallest absolute Gasteiger partial charge is 0.249 e. The normalized spacial score (nSPS) is 13.4. The lowest BCUT2D eigenvalue weighted by Gasteiger charge is -2.21. The zero-order chi connectivity index (χ0) is 45.1. The van der Waals surface area contributed by atoms with Gasteiger partial charge in [-0.3, -0.25) is 4.79 Å². The highest BCUT2D eigenvalue weighted by Crippen LogP contribution is 2.17. The molecule has 3 unspecified atom stereocenters. The van der Waals surface area contributed by atoms with E-state index in [0.717, 1.165) is 32.1 Å². The summed E-state index contributed by atoms with van der Waals surface area (Å²) in [4.78, 5) is 12.5. The van der Waals surface area contributed by atoms with Gasteiger partial charge in [0.25, 0.3) is 0 Å². The van der Waals surface area contributed by atoms with Gasteiger partial charge in [0, 0.05) is 0 Å². The Kier molecular flexibility index (Phi) is 51.5. The van der Waals surface area contributed by atoms with Crippen LogP contribution in [0.25, 0.3) is 0 Å². The van der Waals surface area contributed by atoms with Gasteiger partial charge in [-0.25, -0.2) is 0 Å². The van der Waals surface area contributed by atoms with Crippen LogP contribution in [0.5, 0.6) is 0 Å². The number of carbonyl (C=O) groups is 1. The lowest BCUT2D eigenvalue weighted by atomic mass is 10.0. The Morgan fingerprint density at radius 2 is 0.645 bits per heavy atom. The molecule has 1 amide bonds. The topological polar surface area (TPSA) is 89.8 Å². The van der Waals surface area contributed by atoms with E-state index in [2.05, 4.69) is 31.3 Å². The summed E-state index contributed by atoms with van der Waals surface area (Å²) in [5.41, 5.74) is 0. The third-order valence-corrected chi connectivity index (χ3v) is 13.3. The summed E-state index contributed by atoms with van der Waals surface area (Å²) >= 11 is 0. The molecule has 0 rings (SSSR count). The van der Waals surface area contributed by atoms with Crippen LogP contribution in [0, 0.1) is 0 Å². The van der Waals surface area contributed by atoms with Crippen LogP contribution in [0.15, 0.2) is 24.3 Å². The van der Waals surface area contributed by atoms with Gasteiger partial charge in [-0.15, -0.1) is 0 Å². The number of hydrogen-bond acceptors (Lipinski definition) is 4. The molecular weight excluding hydrogens is 763 g/mol. The number of carbonyl (C=O) groups excluding carboxylic acids is 1. The molecule has 0 spiro atoms. The second-order valence-corrected chi connectivity index (χ2v) is 19.5. The van der Waals surface area contributed by atoms with Gasteiger partial charge < -0.3 is 20.6 Å². The molecule has 0 fully saturated rings. The minimum Gasteiger partial charge on any atom is -0.394 e. The maximum absolute atomic E-state index is 12.5. The molecule has 5 nitrogen and oxygen atoms in total. The van der Waals surface area contributed by atoms with Crippen LogP contribution >= 0.6 is 0 Å². The summed E-state index contributed by atoms with van der Waals surface area (Å²) in [5, 5.41) is 33.3. The first-order chi connectivity index (χ1) is 30.6. The van der Waals surface area contributed by atoms with Crippen LogP contribution < -0.4 is 5.32 Å². The first-order valence-electron chi connectivity index (χ1n) is 28.2. The van der Waals surface area contributed by atoms with Crippen molar-refractivity contribution >= 4 is 5.91 Å². The molecule has 4 N–H and O–H groups in total. The molecule has 0 saturated heterocycles. The Labute approximate surface area is 388 Å². The summed E-state index contributed by atoms with van der Waals surface area (Å²) in [6.45, 7) is 4.21. The van der Waals surface area contributed by atoms with Crippen LogP contribution in [0.2, 0.25) is 0 Å². The maximum atomic E-state index is 12.5. The summed E-state index contributed by atoms with van der Waals surface area (Å²) in [5.74, 6) is -0.498. The van der Waals surface area contributed by atoms with Crippen molar-refractivity contribution < 1.29 is 20.1 Å². The van der Waals surface area contributed by atoms with Gasteiger partial charge in [-0.2, -0.15) is 0 Å². The highest BCUT2D eigenvalue weighted by Gasteiger charge is 2.22. The number of amides is 1. The fourth-order valence-corrected chi connectivity index (χ4v) is 8.89. The molecule has 0 aromatic rings. The third kappa shape index (κ3) is 46.8. The molecule has 3 atom stereocenters. The fraction of sp³-hybridized carbons (Fsp3) is 0.912. The van der Waals surface area contributed by atoms with Gasteiger partial charge in [0.15, 0.2) is 0 Å². The standard InChI is InChI=1S/C57H111NO4/c1-3-5-7-9-11-13-15-17-19-21-22-23-24-25-26-27-28-29-30-31-32-33-34-35-36-38-40-42-44-46-48-50-52-56(61)57(62)58-54(53-59)55(60)51-49-47-45-43-41-39-37-20-18-16-14-12-10-8-6-4-2/h25-26,49,51,54-56,59-61H,3-24,27-48,50,52-53H2,1-2H3,(H,58,62)/b26-25-,51-49+. The van der Waals surface area contributed by atoms with Crippen molar-refractivity contribution in [3.63, 3.8) is 0 Å². The van der Waals surface area contributed by atoms with Crippen molar-refractivity contribution in [2.75, 3.05) is 6.61 Å². The van der Waals surface area contributed by atoms with Gasteiger partial charge in [0.2, 0.25) is 5.91 Å². The van der Waals surface area contributed by atoms with Crippen molar-refractivity contribution in [2.24, 2.45) is 0 Å². The Balaban J connectivity index is 3.51. The van der Waals surface area contributed by atoms with Crippen molar-refractivity contribution in [1.82, 2.24) is 5.32 Å². The van der Waals surface area contributed by atoms with Gasteiger partial charge >= 0.3 is 0 Å². The zero-order valence-corrected chi connectivity index (χ0v) is 42.0. The second-order valence-electron chi connectivity index (χ2n) is 19.5. The van der Waals surface area contributed by atoms with E-state index in [1.54, 1.807) is 6.08 Å². The SMILES string of the molecule is CCCCCCCCCCCCCC/C=C\CCCCCCCCCCCCCCCCCCC(O)C(=O)NC(CO)C(O)/C=C/CCCCCCCCCCCCCCCC. The molecule has 0 heterocycles. The minimum atomic E-state index is -1.10. The van der Waals surface area contributed by atoms with E-state index in [0.29, 0.717) is 6.42 Å². The van der Waals surface area contributed by atoms with Crippen molar-refractivity contribution in [2.45, 2.75) is 327 Å². The van der Waals surface area contributed by atoms with E-state index in [9.17, 15) is 20.1 Å². The Morgan fingerprint density at radius 3 is 0.935 bits per heavy atom. The van der Waals surface area contributed by atoms with Crippen molar-refractivity contribution in [3.8, 4) is 0 Å². The molecule has 0 aliphatic heterocycles. The highest BCUT2D eigenvalue weighted by molar-refractivity contribution is 5.80. The molecule has 5 heteroatoms. The monoisotopic (exact) mass is 874 g/mol. The molecule has 0 aromatic heterocycles. The molecule has 0 aromatic carbocycles. The van der Waals surface area contributed by atoms with Crippen molar-refractivity contribution in [1.29, 1.82) is 0 Å². The Morgan fingerprint density at radius 1 is 0.387 bits per heavy atom. The highest BCUT2D eigenvalue weighted by atomic mass is 16.3. The number of aliphatic hydroxyl groups is 3. The van der Waals surface area contributed by atoms with Gasteiger partial charge in [0.1, 0.15) is 6.10 Å². The van der Waals surface area contributed by atoms with E-state index >= 15 is 0 Å². The summed E-state index contributed by atoms with van der Waals surface area (Å²) in [6.07, 6.45) is 66.9. The number of nitrogens with one attached hydrogen (secondary N) is 1. The molecule has 62 heavy (non-hydrogen) atoms. The van der Waals surface area contributed by atoms with Gasteiger partial charge in [0.05, 0.1) is 18.8 Å². The lowest BCUT2D eigenvalue weighted by Crippen LogP contribution is -2.48. The van der Waals surface area contributed by atoms with Crippen LogP contribution in [0.3, 0.4) is 0 Å². The molecule has 0 aliphatic rings. The summed E-state index contributed by atoms with van der Waals surface area (Å²) in [7, 11) is 0. The lowest BCUT2D eigenvalue weighted by molar-refractivity contribution is -0.131. The fourth-order valence-electron chi connectivity index (χ4n) is 8.89. The van der Waals surface area contributed by atoms with Crippen LogP contribution in [0.4, 0.5) is 0 Å². The zero-order valence-electron chi connectivity index (χ0n) is 42.0. The number of unbranched alkanes of at least 4 members (excludes halogenated alkanes) is 42. The van der Waals surface area contributed by atoms with Crippen molar-refractivity contribution in [3.05, 3.63) is 24.3 Å². The average molecular weight is 875 g/mol. The maximum Gasteiger partial charge on any atom is 0.249 e. The van der Waals surface area contributed by atoms with Crippen LogP contribution in [0.1, 0.15) is 309 Å². The quantitative estimate of drug-likeness (QED) is 0.0362. The molecule has 0 radical (unpaired) electrons. The van der Waals surface area contributed by atoms with E-state index < -0.39 is 24.2 Å². The van der Waals surface area contributed by atoms with Gasteiger partial charge in [-0.1, -0.05) is 289 Å². The second kappa shape index (κ2) is 52.5. The number of allylic oxidation sites excluding steroid dienone is 3. The predicted molar refractivity (Wildman–Crippen MR) is 273 cm³/mol. The van der Waals surface area contributed by atoms with E-state index in [-0.39, 0.29) is 6.61 Å². The number of rotatable bonds is 52. The number of hydrogen-bond donors (Lipinski definition) is 4. The van der Waals surface area contributed by atoms with Crippen LogP contribution in [-0.2, 0) is 4.79 Å². The first kappa shape index (κ1) is 60.8. The molecule has 0 aliphatic carbocycles. The Hall–Kier alpha value is -1.17. The third-order valence-electron chi connectivity index (χ3n) is 13.3. The van der Waals surface area contributed by atoms with E-state index in [4.69, 9.17) is 0 Å². The molecule has 0 saturated carbocycles. The first-order valence-corrected chi connectivity index (χ1v) is 28.2. The van der Waals surface area contributed by atoms with Gasteiger partial charge in [-0.05, 0) is 44.9 Å². The predicted octanol–water partition coefficient (Wildman–Crippen LogP) is 17.3. The number of aliphatic hydroxyl groups excluding tert-OH is 3.